The Labute approximate surface area is 255 Å². The summed E-state index contributed by atoms with van der Waals surface area (Å²) in [6.45, 7) is 6.93. The average Bonchev–Trinajstić information content (AvgIpc) is 3.31. The number of nitrogens with one attached hydrogen (secondary N) is 1. The second-order valence-electron chi connectivity index (χ2n) is 12.0. The lowest BCUT2D eigenvalue weighted by molar-refractivity contribution is -0.275. The molecule has 14 heteroatoms. The molecule has 236 valence electrons. The number of anilines is 1. The normalized spacial score (nSPS) is 21.5. The lowest BCUT2D eigenvalue weighted by Gasteiger charge is -2.27. The van der Waals surface area contributed by atoms with E-state index in [9.17, 15) is 32.3 Å². The number of hydrogen-bond donors (Lipinski definition) is 2. The Morgan fingerprint density at radius 1 is 1.16 bits per heavy atom. The van der Waals surface area contributed by atoms with Crippen LogP contribution in [0.2, 0.25) is 0 Å². The van der Waals surface area contributed by atoms with Gasteiger partial charge in [0.1, 0.15) is 18.4 Å². The fourth-order valence-electron chi connectivity index (χ4n) is 6.28. The fourth-order valence-corrected chi connectivity index (χ4v) is 6.28. The van der Waals surface area contributed by atoms with Gasteiger partial charge in [0.15, 0.2) is 11.6 Å². The number of rotatable bonds is 7. The molecule has 1 aliphatic heterocycles. The standard InChI is InChI=1S/C31H30F4N6O4/c1-15-8-18(19-12-36-17(3)37-13-19)9-20-27(16(2)42)39-40(28(15)20)14-25(43)41-22(10-30(4)11-24(30)41)29(44)38-21-6-5-7-23(26(21)32)45-31(33,34)35/h5-9,12-13,16,22,24,42H,10-11,14H2,1-4H3,(H,38,44)/t16?,22-,24?,30-/m0/s1. The topological polar surface area (TPSA) is 122 Å². The number of piperidine rings is 1. The van der Waals surface area contributed by atoms with E-state index in [1.165, 1.54) is 9.58 Å². The van der Waals surface area contributed by atoms with Gasteiger partial charge >= 0.3 is 6.36 Å². The molecular weight excluding hydrogens is 596 g/mol. The van der Waals surface area contributed by atoms with Gasteiger partial charge in [-0.2, -0.15) is 5.10 Å². The fraction of sp³-hybridized carbons (Fsp3) is 0.387. The van der Waals surface area contributed by atoms with Crippen LogP contribution in [0.4, 0.5) is 23.2 Å². The molecule has 1 saturated carbocycles. The van der Waals surface area contributed by atoms with Crippen molar-refractivity contribution in [2.24, 2.45) is 5.41 Å². The van der Waals surface area contributed by atoms with Gasteiger partial charge in [0.25, 0.3) is 0 Å². The Morgan fingerprint density at radius 2 is 1.87 bits per heavy atom. The molecule has 6 rings (SSSR count). The number of aromatic nitrogens is 4. The molecule has 2 aromatic carbocycles. The molecule has 10 nitrogen and oxygen atoms in total. The summed E-state index contributed by atoms with van der Waals surface area (Å²) >= 11 is 0. The second kappa shape index (κ2) is 10.8. The molecule has 2 fully saturated rings. The van der Waals surface area contributed by atoms with Crippen LogP contribution in [0.25, 0.3) is 22.0 Å². The summed E-state index contributed by atoms with van der Waals surface area (Å²) < 4.78 is 58.1. The Balaban J connectivity index is 1.28. The predicted octanol–water partition coefficient (Wildman–Crippen LogP) is 5.22. The highest BCUT2D eigenvalue weighted by molar-refractivity contribution is 5.99. The van der Waals surface area contributed by atoms with Crippen molar-refractivity contribution in [3.05, 3.63) is 65.6 Å². The summed E-state index contributed by atoms with van der Waals surface area (Å²) in [6.07, 6.45) is -1.68. The summed E-state index contributed by atoms with van der Waals surface area (Å²) in [5, 5.41) is 18.1. The number of halogens is 4. The van der Waals surface area contributed by atoms with Crippen LogP contribution in [0.15, 0.2) is 42.7 Å². The number of carbonyl (C=O) groups excluding carboxylic acids is 2. The SMILES string of the molecule is Cc1ncc(-c2cc(C)c3c(c2)c(C(C)O)nn3CC(=O)N2C3C[C@]3(C)C[C@H]2C(=O)Nc2cccc(OC(F)(F)F)c2F)cn1. The highest BCUT2D eigenvalue weighted by Gasteiger charge is 2.64. The smallest absolute Gasteiger partial charge is 0.403 e. The highest BCUT2D eigenvalue weighted by atomic mass is 19.4. The van der Waals surface area contributed by atoms with Crippen molar-refractivity contribution in [1.29, 1.82) is 0 Å². The Kier molecular flexibility index (Phi) is 7.30. The van der Waals surface area contributed by atoms with E-state index in [1.54, 1.807) is 26.2 Å². The van der Waals surface area contributed by atoms with Crippen molar-refractivity contribution in [3.63, 3.8) is 0 Å². The molecule has 4 aromatic rings. The molecule has 1 aliphatic carbocycles. The zero-order valence-electron chi connectivity index (χ0n) is 24.8. The number of aliphatic hydroxyl groups excluding tert-OH is 1. The van der Waals surface area contributed by atoms with E-state index in [4.69, 9.17) is 0 Å². The lowest BCUT2D eigenvalue weighted by Crippen LogP contribution is -2.46. The molecule has 3 heterocycles. The number of nitrogens with zero attached hydrogens (tertiary/aromatic N) is 5. The molecule has 2 aromatic heterocycles. The minimum atomic E-state index is -5.12. The number of likely N-dealkylation sites (tertiary alicyclic amines) is 1. The Morgan fingerprint density at radius 3 is 2.53 bits per heavy atom. The number of aliphatic hydroxyl groups is 1. The van der Waals surface area contributed by atoms with Crippen molar-refractivity contribution in [2.75, 3.05) is 5.32 Å². The average molecular weight is 627 g/mol. The van der Waals surface area contributed by atoms with Crippen molar-refractivity contribution in [2.45, 2.75) is 71.6 Å². The van der Waals surface area contributed by atoms with E-state index >= 15 is 0 Å². The minimum Gasteiger partial charge on any atom is -0.403 e. The summed E-state index contributed by atoms with van der Waals surface area (Å²) in [5.41, 5.74) is 2.57. The number of ether oxygens (including phenoxy) is 1. The third kappa shape index (κ3) is 5.70. The number of hydrogen-bond acceptors (Lipinski definition) is 7. The van der Waals surface area contributed by atoms with Crippen LogP contribution in [-0.4, -0.2) is 60.0 Å². The van der Waals surface area contributed by atoms with Gasteiger partial charge in [0, 0.05) is 29.4 Å². The van der Waals surface area contributed by atoms with Gasteiger partial charge in [0.2, 0.25) is 11.8 Å². The van der Waals surface area contributed by atoms with E-state index in [-0.39, 0.29) is 18.0 Å². The van der Waals surface area contributed by atoms with Gasteiger partial charge in [0.05, 0.1) is 23.0 Å². The van der Waals surface area contributed by atoms with Gasteiger partial charge in [-0.15, -0.1) is 13.2 Å². The molecule has 2 unspecified atom stereocenters. The molecule has 2 aliphatic rings. The summed E-state index contributed by atoms with van der Waals surface area (Å²) in [6, 6.07) is 5.60. The van der Waals surface area contributed by atoms with E-state index < -0.39 is 47.6 Å². The zero-order valence-corrected chi connectivity index (χ0v) is 24.8. The van der Waals surface area contributed by atoms with Gasteiger partial charge in [-0.25, -0.2) is 14.4 Å². The van der Waals surface area contributed by atoms with E-state index in [1.807, 2.05) is 26.0 Å². The van der Waals surface area contributed by atoms with E-state index in [0.717, 1.165) is 34.9 Å². The minimum absolute atomic E-state index is 0.238. The maximum atomic E-state index is 14.8. The first-order valence-corrected chi connectivity index (χ1v) is 14.3. The van der Waals surface area contributed by atoms with Crippen molar-refractivity contribution >= 4 is 28.4 Å². The largest absolute Gasteiger partial charge is 0.573 e. The number of benzene rings is 2. The quantitative estimate of drug-likeness (QED) is 0.270. The van der Waals surface area contributed by atoms with Crippen LogP contribution in [0.5, 0.6) is 5.75 Å². The van der Waals surface area contributed by atoms with Gasteiger partial charge in [-0.1, -0.05) is 13.0 Å². The number of carbonyl (C=O) groups is 2. The monoisotopic (exact) mass is 626 g/mol. The summed E-state index contributed by atoms with van der Waals surface area (Å²) in [4.78, 5) is 37.3. The molecule has 1 saturated heterocycles. The lowest BCUT2D eigenvalue weighted by atomic mass is 10.0. The van der Waals surface area contributed by atoms with Crippen LogP contribution in [0.3, 0.4) is 0 Å². The third-order valence-corrected chi connectivity index (χ3v) is 8.53. The van der Waals surface area contributed by atoms with Crippen molar-refractivity contribution in [3.8, 4) is 16.9 Å². The number of aryl methyl sites for hydroxylation is 2. The summed E-state index contributed by atoms with van der Waals surface area (Å²) in [5.74, 6) is -2.97. The van der Waals surface area contributed by atoms with Crippen LogP contribution in [0.1, 0.15) is 49.9 Å². The molecule has 2 amide bonds. The maximum absolute atomic E-state index is 14.8. The van der Waals surface area contributed by atoms with Crippen LogP contribution in [-0.2, 0) is 16.1 Å². The van der Waals surface area contributed by atoms with Crippen LogP contribution >= 0.6 is 0 Å². The zero-order chi connectivity index (χ0) is 32.4. The van der Waals surface area contributed by atoms with Gasteiger partial charge < -0.3 is 20.1 Å². The first kappa shape index (κ1) is 30.4. The molecular formula is C31H30F4N6O4. The number of alkyl halides is 3. The molecule has 0 spiro atoms. The van der Waals surface area contributed by atoms with E-state index in [2.05, 4.69) is 25.1 Å². The highest BCUT2D eigenvalue weighted by Crippen LogP contribution is 2.59. The predicted molar refractivity (Wildman–Crippen MR) is 154 cm³/mol. The van der Waals surface area contributed by atoms with Gasteiger partial charge in [-0.3, -0.25) is 14.3 Å². The summed E-state index contributed by atoms with van der Waals surface area (Å²) in [7, 11) is 0. The molecule has 2 N–H and O–H groups in total. The number of amides is 2. The van der Waals surface area contributed by atoms with Gasteiger partial charge in [-0.05, 0) is 74.4 Å². The first-order valence-electron chi connectivity index (χ1n) is 14.3. The third-order valence-electron chi connectivity index (χ3n) is 8.53. The first-order chi connectivity index (χ1) is 21.1. The second-order valence-corrected chi connectivity index (χ2v) is 12.0. The number of fused-ring (bicyclic) bond motifs is 2. The molecule has 0 radical (unpaired) electrons. The van der Waals surface area contributed by atoms with Crippen LogP contribution < -0.4 is 10.1 Å². The van der Waals surface area contributed by atoms with E-state index in [0.29, 0.717) is 35.3 Å². The van der Waals surface area contributed by atoms with Crippen molar-refractivity contribution in [1.82, 2.24) is 24.6 Å². The molecule has 0 bridgehead atoms. The van der Waals surface area contributed by atoms with Crippen LogP contribution in [0, 0.1) is 25.1 Å². The Hall–Kier alpha value is -4.59. The Bertz CT molecular complexity index is 1820. The van der Waals surface area contributed by atoms with Crippen molar-refractivity contribution < 1.29 is 37.0 Å². The molecule has 4 atom stereocenters. The maximum Gasteiger partial charge on any atom is 0.573 e. The molecule has 45 heavy (non-hydrogen) atoms.